The van der Waals surface area contributed by atoms with Gasteiger partial charge in [-0.2, -0.15) is 5.10 Å². The van der Waals surface area contributed by atoms with Gasteiger partial charge in [0.15, 0.2) is 8.96 Å². The molecule has 1 heterocycles. The van der Waals surface area contributed by atoms with Gasteiger partial charge in [0.05, 0.1) is 6.61 Å². The lowest BCUT2D eigenvalue weighted by molar-refractivity contribution is 0.302. The van der Waals surface area contributed by atoms with Gasteiger partial charge in [-0.25, -0.2) is 0 Å². The zero-order valence-corrected chi connectivity index (χ0v) is 10.9. The van der Waals surface area contributed by atoms with Gasteiger partial charge in [0.25, 0.3) is 0 Å². The van der Waals surface area contributed by atoms with Crippen molar-refractivity contribution in [3.05, 3.63) is 33.2 Å². The van der Waals surface area contributed by atoms with Crippen LogP contribution in [0.1, 0.15) is 11.9 Å². The van der Waals surface area contributed by atoms with E-state index in [1.807, 2.05) is 31.2 Å². The molecule has 0 aliphatic carbocycles. The minimum atomic E-state index is 0.422. The van der Waals surface area contributed by atoms with Gasteiger partial charge in [0.1, 0.15) is 18.1 Å². The second-order valence-corrected chi connectivity index (χ2v) is 4.95. The minimum absolute atomic E-state index is 0.422. The Morgan fingerprint density at radius 3 is 2.41 bits per heavy atom. The van der Waals surface area contributed by atoms with E-state index < -0.39 is 0 Å². The third-order valence-electron chi connectivity index (χ3n) is 1.98. The molecule has 0 aliphatic rings. The lowest BCUT2D eigenvalue weighted by atomic mass is 10.3. The van der Waals surface area contributed by atoms with Gasteiger partial charge in [0.2, 0.25) is 0 Å². The smallest absolute Gasteiger partial charge is 0.176 e. The van der Waals surface area contributed by atoms with E-state index in [2.05, 4.69) is 10.2 Å². The molecule has 17 heavy (non-hydrogen) atoms. The maximum absolute atomic E-state index is 5.56. The largest absolute Gasteiger partial charge is 0.494 e. The number of nitrogens with zero attached hydrogens (tertiary/aromatic N) is 1. The standard InChI is InChI=1S/C11H12N2O2S2/c1-2-14-8-3-5-9(6-4-8)15-7-10-12-13-11(16)17-10/h3-6H,2,7H2,1H3,(H,13,16). The number of ether oxygens (including phenoxy) is 2. The monoisotopic (exact) mass is 268 g/mol. The van der Waals surface area contributed by atoms with Crippen molar-refractivity contribution in [3.8, 4) is 11.5 Å². The Morgan fingerprint density at radius 2 is 1.88 bits per heavy atom. The molecule has 0 saturated carbocycles. The van der Waals surface area contributed by atoms with Gasteiger partial charge in [-0.3, -0.25) is 5.10 Å². The molecular formula is C11H12N2O2S2. The first-order valence-corrected chi connectivity index (χ1v) is 6.40. The number of aromatic amines is 1. The van der Waals surface area contributed by atoms with E-state index in [1.165, 1.54) is 11.3 Å². The normalized spacial score (nSPS) is 10.2. The molecule has 1 aromatic carbocycles. The van der Waals surface area contributed by atoms with E-state index in [-0.39, 0.29) is 0 Å². The van der Waals surface area contributed by atoms with E-state index in [1.54, 1.807) is 0 Å². The molecule has 0 radical (unpaired) electrons. The van der Waals surface area contributed by atoms with E-state index in [9.17, 15) is 0 Å². The van der Waals surface area contributed by atoms with E-state index >= 15 is 0 Å². The average Bonchev–Trinajstić information content (AvgIpc) is 2.75. The van der Waals surface area contributed by atoms with Crippen LogP contribution >= 0.6 is 23.6 Å². The maximum Gasteiger partial charge on any atom is 0.176 e. The van der Waals surface area contributed by atoms with Gasteiger partial charge >= 0.3 is 0 Å². The van der Waals surface area contributed by atoms with Crippen LogP contribution < -0.4 is 9.47 Å². The van der Waals surface area contributed by atoms with Crippen LogP contribution in [0.5, 0.6) is 11.5 Å². The molecule has 0 unspecified atom stereocenters. The molecule has 6 heteroatoms. The summed E-state index contributed by atoms with van der Waals surface area (Å²) in [4.78, 5) is 0. The van der Waals surface area contributed by atoms with Crippen molar-refractivity contribution in [3.63, 3.8) is 0 Å². The summed E-state index contributed by atoms with van der Waals surface area (Å²) < 4.78 is 11.6. The third kappa shape index (κ3) is 3.54. The highest BCUT2D eigenvalue weighted by molar-refractivity contribution is 7.73. The van der Waals surface area contributed by atoms with Crippen molar-refractivity contribution in [2.24, 2.45) is 0 Å². The molecule has 1 aromatic heterocycles. The predicted molar refractivity (Wildman–Crippen MR) is 69.2 cm³/mol. The van der Waals surface area contributed by atoms with Crippen molar-refractivity contribution in [1.82, 2.24) is 10.2 Å². The van der Waals surface area contributed by atoms with Gasteiger partial charge in [0, 0.05) is 0 Å². The number of nitrogens with one attached hydrogen (secondary N) is 1. The number of rotatable bonds is 5. The molecule has 1 N–H and O–H groups in total. The second kappa shape index (κ2) is 5.79. The quantitative estimate of drug-likeness (QED) is 0.846. The molecule has 0 fully saturated rings. The molecule has 4 nitrogen and oxygen atoms in total. The Labute approximate surface area is 108 Å². The van der Waals surface area contributed by atoms with Crippen LogP contribution in [0.2, 0.25) is 0 Å². The fraction of sp³-hybridized carbons (Fsp3) is 0.273. The number of aromatic nitrogens is 2. The molecule has 2 rings (SSSR count). The highest BCUT2D eigenvalue weighted by atomic mass is 32.1. The molecule has 0 aliphatic heterocycles. The summed E-state index contributed by atoms with van der Waals surface area (Å²) in [5.74, 6) is 1.63. The number of hydrogen-bond acceptors (Lipinski definition) is 5. The van der Waals surface area contributed by atoms with Crippen molar-refractivity contribution in [1.29, 1.82) is 0 Å². The van der Waals surface area contributed by atoms with Crippen molar-refractivity contribution in [2.45, 2.75) is 13.5 Å². The second-order valence-electron chi connectivity index (χ2n) is 3.20. The van der Waals surface area contributed by atoms with Gasteiger partial charge in [-0.05, 0) is 43.4 Å². The molecule has 0 amide bonds. The average molecular weight is 268 g/mol. The fourth-order valence-corrected chi connectivity index (χ4v) is 2.11. The number of benzene rings is 1. The number of H-pyrrole nitrogens is 1. The predicted octanol–water partition coefficient (Wildman–Crippen LogP) is 3.18. The summed E-state index contributed by atoms with van der Waals surface area (Å²) in [5.41, 5.74) is 0. The SMILES string of the molecule is CCOc1ccc(OCc2n[nH]c(=S)s2)cc1. The van der Waals surface area contributed by atoms with Crippen LogP contribution in [0.3, 0.4) is 0 Å². The highest BCUT2D eigenvalue weighted by Gasteiger charge is 2.00. The molecular weight excluding hydrogens is 256 g/mol. The van der Waals surface area contributed by atoms with E-state index in [0.717, 1.165) is 16.5 Å². The highest BCUT2D eigenvalue weighted by Crippen LogP contribution is 2.18. The summed E-state index contributed by atoms with van der Waals surface area (Å²) >= 11 is 6.36. The molecule has 90 valence electrons. The molecule has 0 bridgehead atoms. The fourth-order valence-electron chi connectivity index (χ4n) is 1.27. The first-order valence-electron chi connectivity index (χ1n) is 5.18. The molecule has 0 saturated heterocycles. The van der Waals surface area contributed by atoms with Crippen LogP contribution in [0.15, 0.2) is 24.3 Å². The first kappa shape index (κ1) is 12.1. The van der Waals surface area contributed by atoms with Crippen LogP contribution in [0.4, 0.5) is 0 Å². The van der Waals surface area contributed by atoms with Crippen molar-refractivity contribution in [2.75, 3.05) is 6.61 Å². The lowest BCUT2D eigenvalue weighted by Gasteiger charge is -2.05. The van der Waals surface area contributed by atoms with Crippen molar-refractivity contribution >= 4 is 23.6 Å². The summed E-state index contributed by atoms with van der Waals surface area (Å²) in [6, 6.07) is 7.50. The Balaban J connectivity index is 1.92. The Hall–Kier alpha value is -1.40. The summed E-state index contributed by atoms with van der Waals surface area (Å²) in [5, 5.41) is 7.57. The Bertz CT molecular complexity index is 519. The first-order chi connectivity index (χ1) is 8.28. The summed E-state index contributed by atoms with van der Waals surface area (Å²) in [7, 11) is 0. The third-order valence-corrected chi connectivity index (χ3v) is 3.04. The van der Waals surface area contributed by atoms with E-state index in [4.69, 9.17) is 21.7 Å². The number of hydrogen-bond donors (Lipinski definition) is 1. The van der Waals surface area contributed by atoms with Crippen LogP contribution in [-0.2, 0) is 6.61 Å². The van der Waals surface area contributed by atoms with Crippen LogP contribution in [-0.4, -0.2) is 16.8 Å². The maximum atomic E-state index is 5.56. The van der Waals surface area contributed by atoms with Gasteiger partial charge in [-0.15, -0.1) is 0 Å². The minimum Gasteiger partial charge on any atom is -0.494 e. The molecule has 2 aromatic rings. The topological polar surface area (TPSA) is 47.1 Å². The van der Waals surface area contributed by atoms with E-state index in [0.29, 0.717) is 17.2 Å². The van der Waals surface area contributed by atoms with Crippen LogP contribution in [0, 0.1) is 3.95 Å². The molecule has 0 spiro atoms. The Kier molecular flexibility index (Phi) is 4.11. The van der Waals surface area contributed by atoms with Crippen LogP contribution in [0.25, 0.3) is 0 Å². The lowest BCUT2D eigenvalue weighted by Crippen LogP contribution is -1.95. The zero-order chi connectivity index (χ0) is 12.1. The molecule has 0 atom stereocenters. The van der Waals surface area contributed by atoms with Gasteiger partial charge < -0.3 is 9.47 Å². The Morgan fingerprint density at radius 1 is 1.24 bits per heavy atom. The zero-order valence-electron chi connectivity index (χ0n) is 9.30. The summed E-state index contributed by atoms with van der Waals surface area (Å²) in [6.07, 6.45) is 0. The summed E-state index contributed by atoms with van der Waals surface area (Å²) in [6.45, 7) is 3.04. The van der Waals surface area contributed by atoms with Gasteiger partial charge in [-0.1, -0.05) is 11.3 Å². The van der Waals surface area contributed by atoms with Crippen molar-refractivity contribution < 1.29 is 9.47 Å².